The Kier molecular flexibility index (Phi) is 4.94. The molecule has 0 spiro atoms. The topological polar surface area (TPSA) is 76.8 Å². The molecule has 2 rings (SSSR count). The summed E-state index contributed by atoms with van der Waals surface area (Å²) in [5, 5.41) is 2.84. The summed E-state index contributed by atoms with van der Waals surface area (Å²) in [5.41, 5.74) is 7.02. The third kappa shape index (κ3) is 3.69. The predicted molar refractivity (Wildman–Crippen MR) is 77.5 cm³/mol. The molecule has 1 aliphatic heterocycles. The van der Waals surface area contributed by atoms with E-state index >= 15 is 0 Å². The van der Waals surface area contributed by atoms with Crippen molar-refractivity contribution in [1.29, 1.82) is 0 Å². The Balaban J connectivity index is 1.84. The Morgan fingerprint density at radius 1 is 1.25 bits per heavy atom. The molecule has 20 heavy (non-hydrogen) atoms. The Bertz CT molecular complexity index is 437. The highest BCUT2D eigenvalue weighted by molar-refractivity contribution is 5.92. The van der Waals surface area contributed by atoms with Crippen LogP contribution in [0, 0.1) is 0 Å². The molecule has 0 radical (unpaired) electrons. The first-order valence-electron chi connectivity index (χ1n) is 6.55. The zero-order valence-electron chi connectivity index (χ0n) is 11.8. The molecule has 1 aromatic carbocycles. The van der Waals surface area contributed by atoms with Gasteiger partial charge in [0.15, 0.2) is 0 Å². The van der Waals surface area contributed by atoms with Crippen molar-refractivity contribution in [2.75, 3.05) is 44.9 Å². The third-order valence-corrected chi connectivity index (χ3v) is 3.46. The van der Waals surface area contributed by atoms with Gasteiger partial charge in [-0.2, -0.15) is 0 Å². The summed E-state index contributed by atoms with van der Waals surface area (Å²) in [7, 11) is 3.32. The quantitative estimate of drug-likeness (QED) is 0.770. The molecule has 1 aliphatic rings. The number of methoxy groups -OCH3 is 2. The lowest BCUT2D eigenvalue weighted by atomic mass is 10.3. The van der Waals surface area contributed by atoms with Crippen LogP contribution in [0.4, 0.5) is 11.4 Å². The summed E-state index contributed by atoms with van der Waals surface area (Å²) in [4.78, 5) is 14.0. The monoisotopic (exact) mass is 279 g/mol. The number of ether oxygens (including phenoxy) is 2. The lowest BCUT2D eigenvalue weighted by molar-refractivity contribution is -0.117. The van der Waals surface area contributed by atoms with Crippen molar-refractivity contribution in [3.8, 4) is 0 Å². The number of hydrogen-bond acceptors (Lipinski definition) is 5. The van der Waals surface area contributed by atoms with Crippen LogP contribution in [0.1, 0.15) is 0 Å². The summed E-state index contributed by atoms with van der Waals surface area (Å²) >= 11 is 0. The van der Waals surface area contributed by atoms with Crippen LogP contribution in [0.3, 0.4) is 0 Å². The minimum atomic E-state index is -0.0543. The average Bonchev–Trinajstić information content (AvgIpc) is 2.83. The van der Waals surface area contributed by atoms with Crippen molar-refractivity contribution in [2.24, 2.45) is 0 Å². The fourth-order valence-electron chi connectivity index (χ4n) is 2.37. The van der Waals surface area contributed by atoms with E-state index in [0.29, 0.717) is 25.3 Å². The SMILES string of the molecule is COC1CN(CC(=O)Nc2ccc(N)cc2)CC1OC. The Hall–Kier alpha value is -1.63. The highest BCUT2D eigenvalue weighted by Gasteiger charge is 2.33. The van der Waals surface area contributed by atoms with Gasteiger partial charge in [0.05, 0.1) is 18.8 Å². The lowest BCUT2D eigenvalue weighted by Crippen LogP contribution is -2.32. The normalized spacial score (nSPS) is 22.9. The number of nitrogens with two attached hydrogens (primary N) is 1. The van der Waals surface area contributed by atoms with E-state index in [1.54, 1.807) is 38.5 Å². The molecule has 1 amide bonds. The molecular formula is C14H21N3O3. The number of nitrogen functional groups attached to an aromatic ring is 1. The van der Waals surface area contributed by atoms with Crippen molar-refractivity contribution < 1.29 is 14.3 Å². The minimum Gasteiger partial charge on any atom is -0.399 e. The molecule has 1 saturated heterocycles. The number of hydrogen-bond donors (Lipinski definition) is 2. The Morgan fingerprint density at radius 2 is 1.80 bits per heavy atom. The number of likely N-dealkylation sites (tertiary alicyclic amines) is 1. The van der Waals surface area contributed by atoms with Crippen molar-refractivity contribution >= 4 is 17.3 Å². The molecule has 0 saturated carbocycles. The van der Waals surface area contributed by atoms with E-state index in [2.05, 4.69) is 5.32 Å². The van der Waals surface area contributed by atoms with Crippen LogP contribution in [0.25, 0.3) is 0 Å². The van der Waals surface area contributed by atoms with Crippen LogP contribution in [0.2, 0.25) is 0 Å². The van der Waals surface area contributed by atoms with E-state index in [1.807, 2.05) is 4.90 Å². The van der Waals surface area contributed by atoms with Crippen LogP contribution < -0.4 is 11.1 Å². The number of carbonyl (C=O) groups excluding carboxylic acids is 1. The second kappa shape index (κ2) is 6.69. The molecule has 0 aliphatic carbocycles. The number of benzene rings is 1. The Labute approximate surface area is 118 Å². The Morgan fingerprint density at radius 3 is 2.30 bits per heavy atom. The second-order valence-electron chi connectivity index (χ2n) is 4.91. The van der Waals surface area contributed by atoms with Crippen LogP contribution in [0.5, 0.6) is 0 Å². The van der Waals surface area contributed by atoms with E-state index < -0.39 is 0 Å². The van der Waals surface area contributed by atoms with Crippen LogP contribution in [-0.4, -0.2) is 56.9 Å². The van der Waals surface area contributed by atoms with Gasteiger partial charge in [0.1, 0.15) is 0 Å². The first-order chi connectivity index (χ1) is 9.62. The molecule has 6 heteroatoms. The first-order valence-corrected chi connectivity index (χ1v) is 6.55. The second-order valence-corrected chi connectivity index (χ2v) is 4.91. The van der Waals surface area contributed by atoms with E-state index in [0.717, 1.165) is 5.69 Å². The van der Waals surface area contributed by atoms with Gasteiger partial charge in [0, 0.05) is 38.7 Å². The number of carbonyl (C=O) groups is 1. The van der Waals surface area contributed by atoms with Gasteiger partial charge in [-0.3, -0.25) is 9.69 Å². The maximum Gasteiger partial charge on any atom is 0.238 e. The third-order valence-electron chi connectivity index (χ3n) is 3.46. The highest BCUT2D eigenvalue weighted by Crippen LogP contribution is 2.16. The molecule has 2 atom stereocenters. The fourth-order valence-corrected chi connectivity index (χ4v) is 2.37. The van der Waals surface area contributed by atoms with Crippen molar-refractivity contribution in [1.82, 2.24) is 4.90 Å². The average molecular weight is 279 g/mol. The van der Waals surface area contributed by atoms with Crippen molar-refractivity contribution in [3.05, 3.63) is 24.3 Å². The predicted octanol–water partition coefficient (Wildman–Crippen LogP) is 0.553. The van der Waals surface area contributed by atoms with E-state index in [-0.39, 0.29) is 18.1 Å². The lowest BCUT2D eigenvalue weighted by Gasteiger charge is -2.14. The molecule has 110 valence electrons. The summed E-state index contributed by atoms with van der Waals surface area (Å²) in [5.74, 6) is -0.0543. The molecule has 1 aromatic rings. The van der Waals surface area contributed by atoms with Gasteiger partial charge in [-0.1, -0.05) is 0 Å². The molecule has 0 aromatic heterocycles. The molecular weight excluding hydrogens is 258 g/mol. The maximum atomic E-state index is 12.0. The van der Waals surface area contributed by atoms with Gasteiger partial charge in [-0.05, 0) is 24.3 Å². The first kappa shape index (κ1) is 14.8. The molecule has 0 bridgehead atoms. The zero-order chi connectivity index (χ0) is 14.5. The van der Waals surface area contributed by atoms with E-state index in [9.17, 15) is 4.79 Å². The van der Waals surface area contributed by atoms with E-state index in [1.165, 1.54) is 0 Å². The zero-order valence-corrected chi connectivity index (χ0v) is 11.8. The van der Waals surface area contributed by atoms with Gasteiger partial charge in [0.25, 0.3) is 0 Å². The highest BCUT2D eigenvalue weighted by atomic mass is 16.5. The largest absolute Gasteiger partial charge is 0.399 e. The maximum absolute atomic E-state index is 12.0. The van der Waals surface area contributed by atoms with Gasteiger partial charge in [0.2, 0.25) is 5.91 Å². The smallest absolute Gasteiger partial charge is 0.238 e. The molecule has 1 fully saturated rings. The van der Waals surface area contributed by atoms with Gasteiger partial charge < -0.3 is 20.5 Å². The van der Waals surface area contributed by atoms with Gasteiger partial charge in [-0.25, -0.2) is 0 Å². The number of rotatable bonds is 5. The number of anilines is 2. The van der Waals surface area contributed by atoms with Crippen LogP contribution in [-0.2, 0) is 14.3 Å². The van der Waals surface area contributed by atoms with Crippen molar-refractivity contribution in [3.63, 3.8) is 0 Å². The van der Waals surface area contributed by atoms with Gasteiger partial charge in [-0.15, -0.1) is 0 Å². The van der Waals surface area contributed by atoms with Gasteiger partial charge >= 0.3 is 0 Å². The van der Waals surface area contributed by atoms with Crippen molar-refractivity contribution in [2.45, 2.75) is 12.2 Å². The number of nitrogens with one attached hydrogen (secondary N) is 1. The molecule has 3 N–H and O–H groups in total. The van der Waals surface area contributed by atoms with E-state index in [4.69, 9.17) is 15.2 Å². The fraction of sp³-hybridized carbons (Fsp3) is 0.500. The van der Waals surface area contributed by atoms with Crippen LogP contribution in [0.15, 0.2) is 24.3 Å². The number of nitrogens with zero attached hydrogens (tertiary/aromatic N) is 1. The molecule has 1 heterocycles. The number of amides is 1. The summed E-state index contributed by atoms with van der Waals surface area (Å²) in [6.07, 6.45) is 0.0358. The standard InChI is InChI=1S/C14H21N3O3/c1-19-12-7-17(8-13(12)20-2)9-14(18)16-11-5-3-10(15)4-6-11/h3-6,12-13H,7-9,15H2,1-2H3,(H,16,18). The summed E-state index contributed by atoms with van der Waals surface area (Å²) in [6, 6.07) is 7.08. The molecule has 6 nitrogen and oxygen atoms in total. The van der Waals surface area contributed by atoms with Crippen LogP contribution >= 0.6 is 0 Å². The minimum absolute atomic E-state index is 0.0179. The summed E-state index contributed by atoms with van der Waals surface area (Å²) < 4.78 is 10.7. The summed E-state index contributed by atoms with van der Waals surface area (Å²) in [6.45, 7) is 1.72. The molecule has 2 unspecified atom stereocenters.